The predicted octanol–water partition coefficient (Wildman–Crippen LogP) is 1.96. The Bertz CT molecular complexity index is 659. The molecule has 0 unspecified atom stereocenters. The molecule has 1 spiro atoms. The SMILES string of the molecule is CS(=O)(=O)N1CC2(CCN(C3CC3)CC2)c2ccccc21. The zero-order chi connectivity index (χ0) is 14.7. The Kier molecular flexibility index (Phi) is 2.89. The van der Waals surface area contributed by atoms with Gasteiger partial charge in [0.1, 0.15) is 0 Å². The molecule has 21 heavy (non-hydrogen) atoms. The van der Waals surface area contributed by atoms with E-state index in [-0.39, 0.29) is 5.41 Å². The average Bonchev–Trinajstić information content (AvgIpc) is 3.24. The van der Waals surface area contributed by atoms with Gasteiger partial charge in [0.15, 0.2) is 0 Å². The van der Waals surface area contributed by atoms with Gasteiger partial charge in [0, 0.05) is 18.0 Å². The van der Waals surface area contributed by atoms with Gasteiger partial charge in [0.25, 0.3) is 0 Å². The first-order chi connectivity index (χ1) is 10.00. The lowest BCUT2D eigenvalue weighted by Gasteiger charge is -2.40. The fourth-order valence-electron chi connectivity index (χ4n) is 4.07. The van der Waals surface area contributed by atoms with Crippen molar-refractivity contribution in [3.05, 3.63) is 29.8 Å². The van der Waals surface area contributed by atoms with Crippen LogP contribution in [0.1, 0.15) is 31.2 Å². The maximum atomic E-state index is 12.1. The van der Waals surface area contributed by atoms with E-state index in [1.165, 1.54) is 24.7 Å². The molecule has 1 saturated heterocycles. The highest BCUT2D eigenvalue weighted by atomic mass is 32.2. The molecule has 0 radical (unpaired) electrons. The van der Waals surface area contributed by atoms with Crippen LogP contribution in [0.3, 0.4) is 0 Å². The third-order valence-corrected chi connectivity index (χ3v) is 6.54. The lowest BCUT2D eigenvalue weighted by Crippen LogP contribution is -2.46. The molecule has 5 heteroatoms. The zero-order valence-electron chi connectivity index (χ0n) is 12.5. The minimum atomic E-state index is -3.19. The summed E-state index contributed by atoms with van der Waals surface area (Å²) in [5, 5.41) is 0. The molecule has 1 aliphatic carbocycles. The van der Waals surface area contributed by atoms with E-state index in [1.54, 1.807) is 4.31 Å². The summed E-state index contributed by atoms with van der Waals surface area (Å²) in [6, 6.07) is 8.88. The Balaban J connectivity index is 1.68. The Morgan fingerprint density at radius 1 is 1.14 bits per heavy atom. The lowest BCUT2D eigenvalue weighted by atomic mass is 9.74. The quantitative estimate of drug-likeness (QED) is 0.839. The summed E-state index contributed by atoms with van der Waals surface area (Å²) in [4.78, 5) is 2.59. The molecule has 0 bridgehead atoms. The van der Waals surface area contributed by atoms with Crippen molar-refractivity contribution >= 4 is 15.7 Å². The average molecular weight is 306 g/mol. The maximum Gasteiger partial charge on any atom is 0.232 e. The molecule has 4 nitrogen and oxygen atoms in total. The highest BCUT2D eigenvalue weighted by Crippen LogP contribution is 2.48. The van der Waals surface area contributed by atoms with E-state index in [0.29, 0.717) is 6.54 Å². The number of anilines is 1. The van der Waals surface area contributed by atoms with E-state index in [2.05, 4.69) is 11.0 Å². The molecule has 4 rings (SSSR count). The Morgan fingerprint density at radius 3 is 2.43 bits per heavy atom. The molecular weight excluding hydrogens is 284 g/mol. The normalized spacial score (nSPS) is 25.3. The third-order valence-electron chi connectivity index (χ3n) is 5.41. The smallest absolute Gasteiger partial charge is 0.232 e. The Morgan fingerprint density at radius 2 is 1.81 bits per heavy atom. The summed E-state index contributed by atoms with van der Waals surface area (Å²) in [5.41, 5.74) is 2.18. The van der Waals surface area contributed by atoms with Crippen LogP contribution >= 0.6 is 0 Å². The zero-order valence-corrected chi connectivity index (χ0v) is 13.3. The van der Waals surface area contributed by atoms with Gasteiger partial charge in [-0.15, -0.1) is 0 Å². The van der Waals surface area contributed by atoms with Crippen LogP contribution < -0.4 is 4.31 Å². The van der Waals surface area contributed by atoms with Gasteiger partial charge in [0.05, 0.1) is 11.9 Å². The molecule has 114 valence electrons. The minimum Gasteiger partial charge on any atom is -0.300 e. The van der Waals surface area contributed by atoms with Crippen LogP contribution in [0.2, 0.25) is 0 Å². The molecule has 2 heterocycles. The molecule has 0 amide bonds. The first-order valence-electron chi connectivity index (χ1n) is 7.81. The maximum absolute atomic E-state index is 12.1. The first kappa shape index (κ1) is 13.6. The van der Waals surface area contributed by atoms with Crippen molar-refractivity contribution in [2.24, 2.45) is 0 Å². The molecule has 1 aromatic rings. The van der Waals surface area contributed by atoms with Crippen LogP contribution in [-0.4, -0.2) is 45.2 Å². The molecular formula is C16H22N2O2S. The van der Waals surface area contributed by atoms with Gasteiger partial charge in [-0.3, -0.25) is 4.31 Å². The summed E-state index contributed by atoms with van der Waals surface area (Å²) >= 11 is 0. The summed E-state index contributed by atoms with van der Waals surface area (Å²) in [6.45, 7) is 2.84. The van der Waals surface area contributed by atoms with E-state index in [9.17, 15) is 8.42 Å². The summed E-state index contributed by atoms with van der Waals surface area (Å²) in [6.07, 6.45) is 6.17. The van der Waals surface area contributed by atoms with Crippen molar-refractivity contribution in [1.82, 2.24) is 4.90 Å². The van der Waals surface area contributed by atoms with Gasteiger partial charge in [-0.25, -0.2) is 8.42 Å². The predicted molar refractivity (Wildman–Crippen MR) is 84.1 cm³/mol. The number of sulfonamides is 1. The van der Waals surface area contributed by atoms with Gasteiger partial charge >= 0.3 is 0 Å². The lowest BCUT2D eigenvalue weighted by molar-refractivity contribution is 0.160. The van der Waals surface area contributed by atoms with Crippen molar-refractivity contribution in [1.29, 1.82) is 0 Å². The highest BCUT2D eigenvalue weighted by Gasteiger charge is 2.48. The second-order valence-corrected chi connectivity index (χ2v) is 8.74. The van der Waals surface area contributed by atoms with Crippen molar-refractivity contribution in [3.63, 3.8) is 0 Å². The highest BCUT2D eigenvalue weighted by molar-refractivity contribution is 7.92. The molecule has 1 aromatic carbocycles. The first-order valence-corrected chi connectivity index (χ1v) is 9.66. The molecule has 0 aromatic heterocycles. The number of rotatable bonds is 2. The monoisotopic (exact) mass is 306 g/mol. The second-order valence-electron chi connectivity index (χ2n) is 6.83. The molecule has 3 aliphatic rings. The van der Waals surface area contributed by atoms with Crippen molar-refractivity contribution < 1.29 is 8.42 Å². The number of hydrogen-bond acceptors (Lipinski definition) is 3. The van der Waals surface area contributed by atoms with Gasteiger partial charge in [-0.05, 0) is 50.4 Å². The van der Waals surface area contributed by atoms with Crippen LogP contribution in [0.5, 0.6) is 0 Å². The molecule has 2 aliphatic heterocycles. The largest absolute Gasteiger partial charge is 0.300 e. The van der Waals surface area contributed by atoms with Crippen LogP contribution in [-0.2, 0) is 15.4 Å². The fraction of sp³-hybridized carbons (Fsp3) is 0.625. The number of likely N-dealkylation sites (tertiary alicyclic amines) is 1. The van der Waals surface area contributed by atoms with Crippen LogP contribution in [0.25, 0.3) is 0 Å². The number of para-hydroxylation sites is 1. The molecule has 2 fully saturated rings. The van der Waals surface area contributed by atoms with Crippen LogP contribution in [0, 0.1) is 0 Å². The van der Waals surface area contributed by atoms with E-state index in [0.717, 1.165) is 37.7 Å². The Hall–Kier alpha value is -1.07. The topological polar surface area (TPSA) is 40.6 Å². The molecule has 1 saturated carbocycles. The van der Waals surface area contributed by atoms with Crippen LogP contribution in [0.4, 0.5) is 5.69 Å². The van der Waals surface area contributed by atoms with E-state index < -0.39 is 10.0 Å². The van der Waals surface area contributed by atoms with Crippen molar-refractivity contribution in [2.75, 3.05) is 30.2 Å². The second kappa shape index (κ2) is 4.46. The van der Waals surface area contributed by atoms with Gasteiger partial charge in [-0.2, -0.15) is 0 Å². The number of benzene rings is 1. The van der Waals surface area contributed by atoms with E-state index in [1.807, 2.05) is 18.2 Å². The number of fused-ring (bicyclic) bond motifs is 2. The Labute approximate surface area is 126 Å². The molecule has 0 atom stereocenters. The van der Waals surface area contributed by atoms with Crippen molar-refractivity contribution in [3.8, 4) is 0 Å². The number of hydrogen-bond donors (Lipinski definition) is 0. The number of piperidine rings is 1. The summed E-state index contributed by atoms with van der Waals surface area (Å²) in [5.74, 6) is 0. The van der Waals surface area contributed by atoms with Gasteiger partial charge in [0.2, 0.25) is 10.0 Å². The van der Waals surface area contributed by atoms with E-state index >= 15 is 0 Å². The minimum absolute atomic E-state index is 0.0328. The van der Waals surface area contributed by atoms with Gasteiger partial charge < -0.3 is 4.90 Å². The van der Waals surface area contributed by atoms with Gasteiger partial charge in [-0.1, -0.05) is 18.2 Å². The third kappa shape index (κ3) is 2.18. The van der Waals surface area contributed by atoms with E-state index in [4.69, 9.17) is 0 Å². The summed E-state index contributed by atoms with van der Waals surface area (Å²) < 4.78 is 25.9. The standard InChI is InChI=1S/C16H22N2O2S/c1-21(19,20)18-12-16(14-4-2-3-5-15(14)18)8-10-17(11-9-16)13-6-7-13/h2-5,13H,6-12H2,1H3. The fourth-order valence-corrected chi connectivity index (χ4v) is 5.06. The van der Waals surface area contributed by atoms with Crippen molar-refractivity contribution in [2.45, 2.75) is 37.1 Å². The molecule has 0 N–H and O–H groups in total. The van der Waals surface area contributed by atoms with Crippen LogP contribution in [0.15, 0.2) is 24.3 Å². The number of nitrogens with zero attached hydrogens (tertiary/aromatic N) is 2. The summed E-state index contributed by atoms with van der Waals surface area (Å²) in [7, 11) is -3.19.